The second kappa shape index (κ2) is 4.79. The van der Waals surface area contributed by atoms with E-state index in [-0.39, 0.29) is 12.1 Å². The third kappa shape index (κ3) is 2.47. The van der Waals surface area contributed by atoms with Crippen LogP contribution < -0.4 is 5.73 Å². The molecule has 0 amide bonds. The van der Waals surface area contributed by atoms with Crippen LogP contribution in [0.5, 0.6) is 0 Å². The Morgan fingerprint density at radius 1 is 1.60 bits per heavy atom. The van der Waals surface area contributed by atoms with E-state index in [2.05, 4.69) is 9.72 Å². The Morgan fingerprint density at radius 3 is 2.73 bits per heavy atom. The average molecular weight is 216 g/mol. The molecule has 0 aliphatic carbocycles. The minimum atomic E-state index is -2.83. The van der Waals surface area contributed by atoms with Crippen molar-refractivity contribution in [3.63, 3.8) is 0 Å². The molecule has 4 nitrogen and oxygen atoms in total. The topological polar surface area (TPSA) is 65.2 Å². The number of halogens is 2. The molecule has 2 N–H and O–H groups in total. The molecule has 6 heteroatoms. The molecule has 1 heterocycles. The summed E-state index contributed by atoms with van der Waals surface area (Å²) in [7, 11) is 1.12. The lowest BCUT2D eigenvalue weighted by Crippen LogP contribution is -2.11. The van der Waals surface area contributed by atoms with Crippen LogP contribution in [0.25, 0.3) is 0 Å². The first-order chi connectivity index (χ1) is 7.10. The first-order valence-corrected chi connectivity index (χ1v) is 4.16. The van der Waals surface area contributed by atoms with E-state index in [0.717, 1.165) is 7.11 Å². The maximum Gasteiger partial charge on any atom is 0.339 e. The van der Waals surface area contributed by atoms with Gasteiger partial charge in [0.05, 0.1) is 18.4 Å². The number of esters is 1. The lowest BCUT2D eigenvalue weighted by Gasteiger charge is -2.07. The third-order valence-electron chi connectivity index (χ3n) is 1.80. The number of ether oxygens (including phenoxy) is 1. The summed E-state index contributed by atoms with van der Waals surface area (Å²) in [6, 6.07) is 2.65. The van der Waals surface area contributed by atoms with Gasteiger partial charge in [-0.2, -0.15) is 0 Å². The highest BCUT2D eigenvalue weighted by Gasteiger charge is 2.20. The molecule has 0 unspecified atom stereocenters. The zero-order valence-electron chi connectivity index (χ0n) is 8.04. The second-order valence-corrected chi connectivity index (χ2v) is 2.73. The maximum absolute atomic E-state index is 12.5. The van der Waals surface area contributed by atoms with Crippen LogP contribution in [0.4, 0.5) is 8.78 Å². The minimum Gasteiger partial charge on any atom is -0.465 e. The quantitative estimate of drug-likeness (QED) is 0.772. The van der Waals surface area contributed by atoms with Crippen molar-refractivity contribution < 1.29 is 18.3 Å². The van der Waals surface area contributed by atoms with Crippen LogP contribution in [0.3, 0.4) is 0 Å². The zero-order valence-corrected chi connectivity index (χ0v) is 8.04. The van der Waals surface area contributed by atoms with Crippen molar-refractivity contribution in [3.05, 3.63) is 29.1 Å². The van der Waals surface area contributed by atoms with Gasteiger partial charge in [0.25, 0.3) is 6.43 Å². The fourth-order valence-electron chi connectivity index (χ4n) is 1.08. The van der Waals surface area contributed by atoms with Crippen molar-refractivity contribution in [3.8, 4) is 0 Å². The fraction of sp³-hybridized carbons (Fsp3) is 0.333. The monoisotopic (exact) mass is 216 g/mol. The number of hydrogen-bond acceptors (Lipinski definition) is 4. The lowest BCUT2D eigenvalue weighted by molar-refractivity contribution is 0.0587. The number of methoxy groups -OCH3 is 1. The van der Waals surface area contributed by atoms with Crippen LogP contribution in [0.15, 0.2) is 12.1 Å². The molecule has 0 atom stereocenters. The van der Waals surface area contributed by atoms with Crippen LogP contribution in [-0.4, -0.2) is 18.1 Å². The van der Waals surface area contributed by atoms with Crippen LogP contribution in [0, 0.1) is 0 Å². The molecule has 1 rings (SSSR count). The standard InChI is InChI=1S/C9H10F2N2O2/c1-15-9(14)6-3-2-5(4-12)13-7(6)8(10)11/h2-3,8H,4,12H2,1H3. The van der Waals surface area contributed by atoms with Crippen molar-refractivity contribution in [1.82, 2.24) is 4.98 Å². The van der Waals surface area contributed by atoms with E-state index in [1.807, 2.05) is 0 Å². The number of pyridine rings is 1. The molecule has 0 saturated carbocycles. The Labute approximate surface area is 85.1 Å². The molecule has 1 aromatic heterocycles. The molecule has 0 fully saturated rings. The normalized spacial score (nSPS) is 10.5. The Hall–Kier alpha value is -1.56. The fourth-order valence-corrected chi connectivity index (χ4v) is 1.08. The van der Waals surface area contributed by atoms with E-state index in [1.54, 1.807) is 0 Å². The summed E-state index contributed by atoms with van der Waals surface area (Å²) in [6.45, 7) is 0.0428. The van der Waals surface area contributed by atoms with Crippen LogP contribution in [-0.2, 0) is 11.3 Å². The van der Waals surface area contributed by atoms with E-state index in [0.29, 0.717) is 5.69 Å². The highest BCUT2D eigenvalue weighted by Crippen LogP contribution is 2.21. The van der Waals surface area contributed by atoms with E-state index < -0.39 is 18.1 Å². The van der Waals surface area contributed by atoms with Gasteiger partial charge in [0.1, 0.15) is 5.69 Å². The van der Waals surface area contributed by atoms with Gasteiger partial charge in [0, 0.05) is 6.54 Å². The SMILES string of the molecule is COC(=O)c1ccc(CN)nc1C(F)F. The third-order valence-corrected chi connectivity index (χ3v) is 1.80. The van der Waals surface area contributed by atoms with Gasteiger partial charge in [-0.25, -0.2) is 18.6 Å². The van der Waals surface area contributed by atoms with Gasteiger partial charge < -0.3 is 10.5 Å². The molecule has 0 aliphatic heterocycles. The molecule has 0 aromatic carbocycles. The molecule has 0 saturated heterocycles. The van der Waals surface area contributed by atoms with E-state index in [1.165, 1.54) is 12.1 Å². The van der Waals surface area contributed by atoms with Crippen LogP contribution in [0.2, 0.25) is 0 Å². The number of nitrogens with two attached hydrogens (primary N) is 1. The first-order valence-electron chi connectivity index (χ1n) is 4.16. The largest absolute Gasteiger partial charge is 0.465 e. The van der Waals surface area contributed by atoms with E-state index in [9.17, 15) is 13.6 Å². The second-order valence-electron chi connectivity index (χ2n) is 2.73. The summed E-state index contributed by atoms with van der Waals surface area (Å²) < 4.78 is 29.4. The summed E-state index contributed by atoms with van der Waals surface area (Å²) in [5, 5.41) is 0. The Balaban J connectivity index is 3.21. The molecular weight excluding hydrogens is 206 g/mol. The molecule has 15 heavy (non-hydrogen) atoms. The Bertz CT molecular complexity index is 369. The highest BCUT2D eigenvalue weighted by molar-refractivity contribution is 5.90. The molecule has 0 aliphatic rings. The van der Waals surface area contributed by atoms with E-state index in [4.69, 9.17) is 5.73 Å². The summed E-state index contributed by atoms with van der Waals surface area (Å²) in [4.78, 5) is 14.7. The average Bonchev–Trinajstić information content (AvgIpc) is 2.27. The minimum absolute atomic E-state index is 0.0428. The first kappa shape index (κ1) is 11.5. The molecule has 0 spiro atoms. The molecular formula is C9H10F2N2O2. The van der Waals surface area contributed by atoms with Crippen LogP contribution in [0.1, 0.15) is 28.2 Å². The number of rotatable bonds is 3. The van der Waals surface area contributed by atoms with Crippen molar-refractivity contribution in [2.45, 2.75) is 13.0 Å². The summed E-state index contributed by atoms with van der Waals surface area (Å²) in [6.07, 6.45) is -2.83. The van der Waals surface area contributed by atoms with Crippen molar-refractivity contribution >= 4 is 5.97 Å². The van der Waals surface area contributed by atoms with Crippen LogP contribution >= 0.6 is 0 Å². The highest BCUT2D eigenvalue weighted by atomic mass is 19.3. The number of carbonyl (C=O) groups excluding carboxylic acids is 1. The number of hydrogen-bond donors (Lipinski definition) is 1. The van der Waals surface area contributed by atoms with E-state index >= 15 is 0 Å². The number of carbonyl (C=O) groups is 1. The molecule has 82 valence electrons. The molecule has 0 radical (unpaired) electrons. The summed E-state index contributed by atoms with van der Waals surface area (Å²) in [5.41, 5.74) is 4.73. The van der Waals surface area contributed by atoms with Gasteiger partial charge in [-0.1, -0.05) is 0 Å². The number of alkyl halides is 2. The predicted molar refractivity (Wildman–Crippen MR) is 48.4 cm³/mol. The Morgan fingerprint density at radius 2 is 2.27 bits per heavy atom. The van der Waals surface area contributed by atoms with Gasteiger partial charge in [-0.15, -0.1) is 0 Å². The molecule has 1 aromatic rings. The smallest absolute Gasteiger partial charge is 0.339 e. The predicted octanol–water partition coefficient (Wildman–Crippen LogP) is 1.26. The number of aromatic nitrogens is 1. The van der Waals surface area contributed by atoms with Crippen molar-refractivity contribution in [1.29, 1.82) is 0 Å². The number of nitrogens with zero attached hydrogens (tertiary/aromatic N) is 1. The van der Waals surface area contributed by atoms with Gasteiger partial charge in [-0.05, 0) is 12.1 Å². The van der Waals surface area contributed by atoms with Crippen molar-refractivity contribution in [2.75, 3.05) is 7.11 Å². The molecule has 0 bridgehead atoms. The summed E-state index contributed by atoms with van der Waals surface area (Å²) in [5.74, 6) is -0.832. The maximum atomic E-state index is 12.5. The van der Waals surface area contributed by atoms with Gasteiger partial charge in [0.2, 0.25) is 0 Å². The summed E-state index contributed by atoms with van der Waals surface area (Å²) >= 11 is 0. The zero-order chi connectivity index (χ0) is 11.4. The van der Waals surface area contributed by atoms with Crippen molar-refractivity contribution in [2.24, 2.45) is 5.73 Å². The van der Waals surface area contributed by atoms with Gasteiger partial charge in [0.15, 0.2) is 0 Å². The lowest BCUT2D eigenvalue weighted by atomic mass is 10.1. The Kier molecular flexibility index (Phi) is 3.68. The van der Waals surface area contributed by atoms with Gasteiger partial charge >= 0.3 is 5.97 Å². The van der Waals surface area contributed by atoms with Gasteiger partial charge in [-0.3, -0.25) is 0 Å².